The van der Waals surface area contributed by atoms with Crippen molar-refractivity contribution in [1.29, 1.82) is 0 Å². The number of rotatable bonds is 30. The molecule has 8 unspecified atom stereocenters. The maximum atomic E-state index is 12.9. The summed E-state index contributed by atoms with van der Waals surface area (Å²) in [6.45, 7) is 3.50. The molecule has 0 aliphatic carbocycles. The lowest BCUT2D eigenvalue weighted by Gasteiger charge is -2.40. The quantitative estimate of drug-likeness (QED) is 0.0389. The number of aliphatic hydroxyl groups excluding tert-OH is 6. The van der Waals surface area contributed by atoms with Gasteiger partial charge in [-0.2, -0.15) is 0 Å². The molecular weight excluding hydrogens is 614 g/mol. The molecule has 1 heterocycles. The Bertz CT molecular complexity index is 824. The first kappa shape index (κ1) is 44.7. The van der Waals surface area contributed by atoms with Crippen LogP contribution in [0.15, 0.2) is 24.3 Å². The third kappa shape index (κ3) is 20.3. The third-order valence-corrected chi connectivity index (χ3v) is 9.13. The molecule has 7 N–H and O–H groups in total. The van der Waals surface area contributed by atoms with Crippen LogP contribution in [-0.2, 0) is 14.3 Å². The van der Waals surface area contributed by atoms with Crippen LogP contribution >= 0.6 is 0 Å². The van der Waals surface area contributed by atoms with Crippen molar-refractivity contribution >= 4 is 5.91 Å². The van der Waals surface area contributed by atoms with Crippen LogP contribution in [0.25, 0.3) is 0 Å². The van der Waals surface area contributed by atoms with Crippen molar-refractivity contribution < 1.29 is 44.9 Å². The van der Waals surface area contributed by atoms with E-state index in [9.17, 15) is 35.4 Å². The lowest BCUT2D eigenvalue weighted by Crippen LogP contribution is -2.60. The predicted octanol–water partition coefficient (Wildman–Crippen LogP) is 5.35. The number of unbranched alkanes of at least 4 members (excludes halogenated alkanes) is 17. The van der Waals surface area contributed by atoms with Gasteiger partial charge in [-0.3, -0.25) is 4.79 Å². The highest BCUT2D eigenvalue weighted by molar-refractivity contribution is 5.80. The first-order valence-corrected chi connectivity index (χ1v) is 19.2. The minimum Gasteiger partial charge on any atom is -0.394 e. The first-order chi connectivity index (χ1) is 23.3. The monoisotopic (exact) mass is 686 g/mol. The number of nitrogens with one attached hydrogen (secondary N) is 1. The molecule has 1 aliphatic rings. The average molecular weight is 686 g/mol. The lowest BCUT2D eigenvalue weighted by molar-refractivity contribution is -0.302. The van der Waals surface area contributed by atoms with Gasteiger partial charge in [0, 0.05) is 0 Å². The molecule has 282 valence electrons. The molecule has 8 atom stereocenters. The Hall–Kier alpha value is -1.37. The molecule has 0 saturated carbocycles. The van der Waals surface area contributed by atoms with Crippen molar-refractivity contribution in [1.82, 2.24) is 5.32 Å². The van der Waals surface area contributed by atoms with E-state index in [4.69, 9.17) is 9.47 Å². The van der Waals surface area contributed by atoms with E-state index in [2.05, 4.69) is 31.3 Å². The number of hydrogen-bond acceptors (Lipinski definition) is 9. The third-order valence-electron chi connectivity index (χ3n) is 9.13. The molecular formula is C38H71NO9. The Morgan fingerprint density at radius 1 is 0.708 bits per heavy atom. The maximum Gasteiger partial charge on any atom is 0.249 e. The molecule has 0 spiro atoms. The summed E-state index contributed by atoms with van der Waals surface area (Å²) in [5, 5.41) is 64.1. The molecule has 1 saturated heterocycles. The molecule has 0 radical (unpaired) electrons. The highest BCUT2D eigenvalue weighted by Gasteiger charge is 2.44. The molecule has 10 heteroatoms. The fourth-order valence-corrected chi connectivity index (χ4v) is 5.85. The van der Waals surface area contributed by atoms with Gasteiger partial charge in [0.15, 0.2) is 6.29 Å². The average Bonchev–Trinajstić information content (AvgIpc) is 3.08. The minimum atomic E-state index is -1.61. The smallest absolute Gasteiger partial charge is 0.249 e. The number of carbonyl (C=O) groups is 1. The topological polar surface area (TPSA) is 169 Å². The largest absolute Gasteiger partial charge is 0.394 e. The molecule has 0 aromatic carbocycles. The second kappa shape index (κ2) is 29.4. The number of ether oxygens (including phenoxy) is 2. The van der Waals surface area contributed by atoms with Crippen LogP contribution in [0.5, 0.6) is 0 Å². The Morgan fingerprint density at radius 2 is 1.23 bits per heavy atom. The van der Waals surface area contributed by atoms with Gasteiger partial charge in [0.1, 0.15) is 30.5 Å². The Balaban J connectivity index is 2.55. The van der Waals surface area contributed by atoms with E-state index in [1.807, 2.05) is 6.08 Å². The molecule has 1 rings (SSSR count). The van der Waals surface area contributed by atoms with Crippen LogP contribution in [0.4, 0.5) is 0 Å². The van der Waals surface area contributed by atoms with Gasteiger partial charge >= 0.3 is 0 Å². The zero-order valence-corrected chi connectivity index (χ0v) is 30.1. The molecule has 1 fully saturated rings. The number of allylic oxidation sites excluding steroid dienone is 3. The van der Waals surface area contributed by atoms with E-state index < -0.39 is 61.5 Å². The van der Waals surface area contributed by atoms with E-state index in [0.29, 0.717) is 6.42 Å². The number of hydrogen-bond donors (Lipinski definition) is 7. The molecule has 0 bridgehead atoms. The summed E-state index contributed by atoms with van der Waals surface area (Å²) >= 11 is 0. The summed E-state index contributed by atoms with van der Waals surface area (Å²) in [7, 11) is 0. The van der Waals surface area contributed by atoms with Gasteiger partial charge in [-0.1, -0.05) is 134 Å². The summed E-state index contributed by atoms with van der Waals surface area (Å²) in [4.78, 5) is 12.9. The van der Waals surface area contributed by atoms with Gasteiger partial charge in [-0.15, -0.1) is 0 Å². The Labute approximate surface area is 291 Å². The van der Waals surface area contributed by atoms with Gasteiger partial charge in [0.05, 0.1) is 25.4 Å². The second-order valence-corrected chi connectivity index (χ2v) is 13.5. The maximum absolute atomic E-state index is 12.9. The molecule has 1 aliphatic heterocycles. The van der Waals surface area contributed by atoms with Crippen LogP contribution in [0.1, 0.15) is 149 Å². The highest BCUT2D eigenvalue weighted by Crippen LogP contribution is 2.22. The fourth-order valence-electron chi connectivity index (χ4n) is 5.85. The normalized spacial score (nSPS) is 23.5. The summed E-state index contributed by atoms with van der Waals surface area (Å²) < 4.78 is 11.1. The van der Waals surface area contributed by atoms with Gasteiger partial charge in [0.25, 0.3) is 0 Å². The fraction of sp³-hybridized carbons (Fsp3) is 0.868. The van der Waals surface area contributed by atoms with Crippen LogP contribution in [0.2, 0.25) is 0 Å². The van der Waals surface area contributed by atoms with Crippen LogP contribution in [-0.4, -0.2) is 98.7 Å². The van der Waals surface area contributed by atoms with Crippen molar-refractivity contribution in [3.63, 3.8) is 0 Å². The van der Waals surface area contributed by atoms with Crippen LogP contribution in [0, 0.1) is 0 Å². The summed E-state index contributed by atoms with van der Waals surface area (Å²) in [6, 6.07) is -0.981. The summed E-state index contributed by atoms with van der Waals surface area (Å²) in [5.74, 6) is -0.634. The zero-order chi connectivity index (χ0) is 35.4. The SMILES string of the molecule is CCCC/C=C\CCCCCC(O)C(=O)NC(COC1OC(CO)C(O)C(O)C1O)C(O)/C=C/CCCCCCCCCCCCCC. The van der Waals surface area contributed by atoms with E-state index in [0.717, 1.165) is 44.9 Å². The van der Waals surface area contributed by atoms with Crippen molar-refractivity contribution in [2.24, 2.45) is 0 Å². The van der Waals surface area contributed by atoms with Crippen LogP contribution in [0.3, 0.4) is 0 Å². The number of carbonyl (C=O) groups excluding carboxylic acids is 1. The Morgan fingerprint density at radius 3 is 1.81 bits per heavy atom. The van der Waals surface area contributed by atoms with Crippen molar-refractivity contribution in [3.8, 4) is 0 Å². The zero-order valence-electron chi connectivity index (χ0n) is 30.1. The van der Waals surface area contributed by atoms with E-state index >= 15 is 0 Å². The van der Waals surface area contributed by atoms with Gasteiger partial charge < -0.3 is 45.4 Å². The number of amides is 1. The second-order valence-electron chi connectivity index (χ2n) is 13.5. The first-order valence-electron chi connectivity index (χ1n) is 19.2. The van der Waals surface area contributed by atoms with Gasteiger partial charge in [-0.05, 0) is 38.5 Å². The van der Waals surface area contributed by atoms with E-state index in [1.165, 1.54) is 77.0 Å². The Kier molecular flexibility index (Phi) is 27.3. The molecule has 48 heavy (non-hydrogen) atoms. The molecule has 10 nitrogen and oxygen atoms in total. The highest BCUT2D eigenvalue weighted by atomic mass is 16.7. The summed E-state index contributed by atoms with van der Waals surface area (Å²) in [6.07, 6.45) is 21.4. The van der Waals surface area contributed by atoms with Crippen molar-refractivity contribution in [3.05, 3.63) is 24.3 Å². The van der Waals surface area contributed by atoms with Crippen LogP contribution < -0.4 is 5.32 Å². The van der Waals surface area contributed by atoms with E-state index in [1.54, 1.807) is 6.08 Å². The molecule has 0 aromatic heterocycles. The lowest BCUT2D eigenvalue weighted by atomic mass is 9.99. The standard InChI is InChI=1S/C38H71NO9/c1-3-5-7-9-11-13-14-15-16-17-19-20-22-24-26-31(41)30(29-47-38-36(45)35(44)34(43)33(28-40)48-38)39-37(46)32(42)27-25-23-21-18-12-10-8-6-4-2/h10,12,24,26,30-36,38,40-45H,3-9,11,13-23,25,27-29H2,1-2H3,(H,39,46)/b12-10-,26-24+. The molecule has 1 amide bonds. The van der Waals surface area contributed by atoms with E-state index in [-0.39, 0.29) is 13.0 Å². The minimum absolute atomic E-state index is 0.288. The number of aliphatic hydroxyl groups is 6. The van der Waals surface area contributed by atoms with Gasteiger partial charge in [-0.25, -0.2) is 0 Å². The van der Waals surface area contributed by atoms with Crippen molar-refractivity contribution in [2.75, 3.05) is 13.2 Å². The molecule has 0 aromatic rings. The van der Waals surface area contributed by atoms with Gasteiger partial charge in [0.2, 0.25) is 5.91 Å². The van der Waals surface area contributed by atoms with Crippen molar-refractivity contribution in [2.45, 2.75) is 198 Å². The predicted molar refractivity (Wildman–Crippen MR) is 190 cm³/mol. The summed E-state index contributed by atoms with van der Waals surface area (Å²) in [5.41, 5.74) is 0.